The molecule has 1 fully saturated rings. The van der Waals surface area contributed by atoms with E-state index in [-0.39, 0.29) is 5.41 Å². The first-order valence-corrected chi connectivity index (χ1v) is 5.84. The summed E-state index contributed by atoms with van der Waals surface area (Å²) in [5.74, 6) is 3.02. The molecular formula is C12H20N4. The molecule has 0 spiro atoms. The molecule has 1 aromatic heterocycles. The molecule has 88 valence electrons. The molecule has 0 bridgehead atoms. The van der Waals surface area contributed by atoms with Gasteiger partial charge in [0.2, 0.25) is 0 Å². The molecule has 0 radical (unpaired) electrons. The molecule has 1 aromatic rings. The highest BCUT2D eigenvalue weighted by Crippen LogP contribution is 2.29. The van der Waals surface area contributed by atoms with Gasteiger partial charge in [-0.3, -0.25) is 0 Å². The van der Waals surface area contributed by atoms with Gasteiger partial charge in [0.25, 0.3) is 0 Å². The fourth-order valence-corrected chi connectivity index (χ4v) is 1.46. The molecule has 4 nitrogen and oxygen atoms in total. The van der Waals surface area contributed by atoms with Crippen LogP contribution < -0.4 is 11.1 Å². The van der Waals surface area contributed by atoms with Gasteiger partial charge in [0, 0.05) is 18.0 Å². The Hall–Kier alpha value is -1.32. The van der Waals surface area contributed by atoms with Gasteiger partial charge in [-0.1, -0.05) is 20.8 Å². The van der Waals surface area contributed by atoms with Crippen molar-refractivity contribution in [1.29, 1.82) is 0 Å². The minimum atomic E-state index is -0.0641. The van der Waals surface area contributed by atoms with Crippen molar-refractivity contribution in [2.45, 2.75) is 39.0 Å². The Balaban J connectivity index is 2.14. The molecule has 0 aliphatic heterocycles. The maximum atomic E-state index is 5.79. The standard InChI is InChI=1S/C12H20N4/c1-12(2,3)11-15-9(13)6-10(16-11)14-7-8-4-5-8/h6,8H,4-5,7H2,1-3H3,(H3,13,14,15,16). The van der Waals surface area contributed by atoms with E-state index in [9.17, 15) is 0 Å². The molecule has 1 heterocycles. The van der Waals surface area contributed by atoms with Crippen LogP contribution in [0.5, 0.6) is 0 Å². The van der Waals surface area contributed by atoms with Gasteiger partial charge in [0.1, 0.15) is 17.5 Å². The first-order chi connectivity index (χ1) is 7.45. The zero-order chi connectivity index (χ0) is 11.8. The minimum absolute atomic E-state index is 0.0641. The number of nitrogens with two attached hydrogens (primary N) is 1. The summed E-state index contributed by atoms with van der Waals surface area (Å²) in [7, 11) is 0. The summed E-state index contributed by atoms with van der Waals surface area (Å²) >= 11 is 0. The van der Waals surface area contributed by atoms with E-state index < -0.39 is 0 Å². The molecule has 0 amide bonds. The molecule has 4 heteroatoms. The Morgan fingerprint density at radius 1 is 1.38 bits per heavy atom. The predicted molar refractivity (Wildman–Crippen MR) is 66.4 cm³/mol. The van der Waals surface area contributed by atoms with Crippen LogP contribution in [0.15, 0.2) is 6.07 Å². The van der Waals surface area contributed by atoms with Crippen LogP contribution in [-0.4, -0.2) is 16.5 Å². The SMILES string of the molecule is CC(C)(C)c1nc(N)cc(NCC2CC2)n1. The van der Waals surface area contributed by atoms with Gasteiger partial charge in [0.15, 0.2) is 0 Å². The first-order valence-electron chi connectivity index (χ1n) is 5.84. The molecule has 0 atom stereocenters. The molecule has 0 saturated heterocycles. The second-order valence-electron chi connectivity index (χ2n) is 5.58. The third-order valence-corrected chi connectivity index (χ3v) is 2.69. The average molecular weight is 220 g/mol. The monoisotopic (exact) mass is 220 g/mol. The summed E-state index contributed by atoms with van der Waals surface area (Å²) in [6.45, 7) is 7.27. The van der Waals surface area contributed by atoms with Crippen molar-refractivity contribution in [2.24, 2.45) is 5.92 Å². The summed E-state index contributed by atoms with van der Waals surface area (Å²) in [4.78, 5) is 8.78. The number of nitrogens with one attached hydrogen (secondary N) is 1. The van der Waals surface area contributed by atoms with Crippen molar-refractivity contribution in [3.8, 4) is 0 Å². The topological polar surface area (TPSA) is 63.8 Å². The lowest BCUT2D eigenvalue weighted by Crippen LogP contribution is -2.18. The highest BCUT2D eigenvalue weighted by Gasteiger charge is 2.22. The first kappa shape index (κ1) is 11.2. The molecule has 16 heavy (non-hydrogen) atoms. The van der Waals surface area contributed by atoms with E-state index in [0.29, 0.717) is 5.82 Å². The van der Waals surface area contributed by atoms with Crippen LogP contribution in [0.25, 0.3) is 0 Å². The van der Waals surface area contributed by atoms with Gasteiger partial charge in [-0.15, -0.1) is 0 Å². The number of anilines is 2. The van der Waals surface area contributed by atoms with E-state index in [0.717, 1.165) is 24.1 Å². The van der Waals surface area contributed by atoms with Crippen LogP contribution in [0.2, 0.25) is 0 Å². The van der Waals surface area contributed by atoms with Crippen LogP contribution in [0.3, 0.4) is 0 Å². The third-order valence-electron chi connectivity index (χ3n) is 2.69. The average Bonchev–Trinajstić information content (AvgIpc) is 2.96. The van der Waals surface area contributed by atoms with Crippen molar-refractivity contribution < 1.29 is 0 Å². The van der Waals surface area contributed by atoms with Crippen molar-refractivity contribution in [1.82, 2.24) is 9.97 Å². The van der Waals surface area contributed by atoms with Gasteiger partial charge in [-0.2, -0.15) is 0 Å². The molecule has 0 unspecified atom stereocenters. The summed E-state index contributed by atoms with van der Waals surface area (Å²) in [6.07, 6.45) is 2.67. The zero-order valence-corrected chi connectivity index (χ0v) is 10.2. The fourth-order valence-electron chi connectivity index (χ4n) is 1.46. The molecule has 1 aliphatic carbocycles. The second-order valence-corrected chi connectivity index (χ2v) is 5.58. The number of nitrogen functional groups attached to an aromatic ring is 1. The summed E-state index contributed by atoms with van der Waals surface area (Å²) in [5.41, 5.74) is 5.72. The third kappa shape index (κ3) is 2.84. The molecule has 1 aliphatic rings. The molecular weight excluding hydrogens is 200 g/mol. The highest BCUT2D eigenvalue weighted by atomic mass is 15.1. The molecule has 2 rings (SSSR count). The van der Waals surface area contributed by atoms with Crippen LogP contribution in [0.4, 0.5) is 11.6 Å². The normalized spacial score (nSPS) is 16.2. The van der Waals surface area contributed by atoms with E-state index in [1.807, 2.05) is 0 Å². The maximum absolute atomic E-state index is 5.79. The van der Waals surface area contributed by atoms with E-state index >= 15 is 0 Å². The lowest BCUT2D eigenvalue weighted by molar-refractivity contribution is 0.547. The molecule has 0 aromatic carbocycles. The molecule has 3 N–H and O–H groups in total. The van der Waals surface area contributed by atoms with Gasteiger partial charge in [-0.05, 0) is 18.8 Å². The lowest BCUT2D eigenvalue weighted by Gasteiger charge is -2.18. The second kappa shape index (κ2) is 3.92. The lowest BCUT2D eigenvalue weighted by atomic mass is 9.96. The maximum Gasteiger partial charge on any atom is 0.138 e. The van der Waals surface area contributed by atoms with Crippen LogP contribution in [-0.2, 0) is 5.41 Å². The predicted octanol–water partition coefficient (Wildman–Crippen LogP) is 2.18. The van der Waals surface area contributed by atoms with Crippen LogP contribution in [0, 0.1) is 5.92 Å². The quantitative estimate of drug-likeness (QED) is 0.819. The van der Waals surface area contributed by atoms with Gasteiger partial charge in [-0.25, -0.2) is 9.97 Å². The Kier molecular flexibility index (Phi) is 2.74. The Morgan fingerprint density at radius 3 is 2.62 bits per heavy atom. The number of aromatic nitrogens is 2. The van der Waals surface area contributed by atoms with Crippen molar-refractivity contribution in [3.05, 3.63) is 11.9 Å². The van der Waals surface area contributed by atoms with E-state index in [2.05, 4.69) is 36.1 Å². The number of hydrogen-bond donors (Lipinski definition) is 2. The molecule has 1 saturated carbocycles. The van der Waals surface area contributed by atoms with Crippen LogP contribution >= 0.6 is 0 Å². The largest absolute Gasteiger partial charge is 0.384 e. The van der Waals surface area contributed by atoms with Gasteiger partial charge in [0.05, 0.1) is 0 Å². The van der Waals surface area contributed by atoms with E-state index in [4.69, 9.17) is 5.73 Å². The number of nitrogens with zero attached hydrogens (tertiary/aromatic N) is 2. The van der Waals surface area contributed by atoms with Gasteiger partial charge >= 0.3 is 0 Å². The highest BCUT2D eigenvalue weighted by molar-refractivity contribution is 5.45. The fraction of sp³-hybridized carbons (Fsp3) is 0.667. The Labute approximate surface area is 96.7 Å². The number of rotatable bonds is 3. The van der Waals surface area contributed by atoms with Crippen molar-refractivity contribution in [3.63, 3.8) is 0 Å². The number of hydrogen-bond acceptors (Lipinski definition) is 4. The summed E-state index contributed by atoms with van der Waals surface area (Å²) in [6, 6.07) is 1.80. The van der Waals surface area contributed by atoms with Crippen molar-refractivity contribution in [2.75, 3.05) is 17.6 Å². The Bertz CT molecular complexity index is 377. The van der Waals surface area contributed by atoms with Gasteiger partial charge < -0.3 is 11.1 Å². The van der Waals surface area contributed by atoms with Crippen LogP contribution in [0.1, 0.15) is 39.4 Å². The van der Waals surface area contributed by atoms with E-state index in [1.54, 1.807) is 6.07 Å². The van der Waals surface area contributed by atoms with E-state index in [1.165, 1.54) is 12.8 Å². The zero-order valence-electron chi connectivity index (χ0n) is 10.2. The Morgan fingerprint density at radius 2 is 2.06 bits per heavy atom. The minimum Gasteiger partial charge on any atom is -0.384 e. The summed E-state index contributed by atoms with van der Waals surface area (Å²) in [5, 5.41) is 3.33. The smallest absolute Gasteiger partial charge is 0.138 e. The van der Waals surface area contributed by atoms with Crippen molar-refractivity contribution >= 4 is 11.6 Å². The summed E-state index contributed by atoms with van der Waals surface area (Å²) < 4.78 is 0.